The summed E-state index contributed by atoms with van der Waals surface area (Å²) in [6.45, 7) is 13.8. The number of hydrogen-bond donors (Lipinski definition) is 0. The van der Waals surface area contributed by atoms with Crippen LogP contribution in [-0.2, 0) is 0 Å². The first-order chi connectivity index (χ1) is 14.0. The Kier molecular flexibility index (Phi) is 6.92. The Morgan fingerprint density at radius 3 is 2.52 bits per heavy atom. The molecule has 1 aromatic carbocycles. The summed E-state index contributed by atoms with van der Waals surface area (Å²) in [4.78, 5) is 22.2. The van der Waals surface area contributed by atoms with Gasteiger partial charge in [-0.2, -0.15) is 0 Å². The molecule has 0 fully saturated rings. The van der Waals surface area contributed by atoms with E-state index in [1.807, 2.05) is 45.0 Å². The molecule has 0 bridgehead atoms. The van der Waals surface area contributed by atoms with Crippen LogP contribution in [-0.4, -0.2) is 48.6 Å². The Morgan fingerprint density at radius 1 is 1.14 bits per heavy atom. The predicted octanol–water partition coefficient (Wildman–Crippen LogP) is 4.89. The van der Waals surface area contributed by atoms with Crippen molar-refractivity contribution >= 4 is 32.6 Å². The SMILES string of the molecule is CCOc1ccc2nc(N(CCN(CC)CC)C(=O)c3cc(C)oc3C)sc2c1. The Balaban J connectivity index is 1.96. The van der Waals surface area contributed by atoms with Crippen molar-refractivity contribution in [3.8, 4) is 5.75 Å². The minimum Gasteiger partial charge on any atom is -0.494 e. The number of nitrogens with zero attached hydrogens (tertiary/aromatic N) is 3. The van der Waals surface area contributed by atoms with Crippen LogP contribution in [0.25, 0.3) is 10.2 Å². The highest BCUT2D eigenvalue weighted by Crippen LogP contribution is 2.32. The highest BCUT2D eigenvalue weighted by Gasteiger charge is 2.25. The maximum absolute atomic E-state index is 13.4. The number of ether oxygens (including phenoxy) is 1. The van der Waals surface area contributed by atoms with E-state index in [1.54, 1.807) is 4.90 Å². The summed E-state index contributed by atoms with van der Waals surface area (Å²) in [7, 11) is 0. The molecule has 0 aliphatic rings. The molecule has 0 aliphatic heterocycles. The van der Waals surface area contributed by atoms with Crippen LogP contribution in [0.15, 0.2) is 28.7 Å². The van der Waals surface area contributed by atoms with E-state index in [-0.39, 0.29) is 5.91 Å². The highest BCUT2D eigenvalue weighted by atomic mass is 32.1. The third-order valence-electron chi connectivity index (χ3n) is 4.94. The number of aryl methyl sites for hydroxylation is 2. The molecule has 6 nitrogen and oxygen atoms in total. The lowest BCUT2D eigenvalue weighted by molar-refractivity contribution is 0.0982. The second kappa shape index (κ2) is 9.41. The Bertz CT molecular complexity index is 975. The van der Waals surface area contributed by atoms with Crippen LogP contribution in [0.1, 0.15) is 42.6 Å². The van der Waals surface area contributed by atoms with Crippen molar-refractivity contribution in [3.05, 3.63) is 41.3 Å². The lowest BCUT2D eigenvalue weighted by atomic mass is 10.2. The van der Waals surface area contributed by atoms with Crippen molar-refractivity contribution in [2.24, 2.45) is 0 Å². The van der Waals surface area contributed by atoms with Crippen LogP contribution in [0, 0.1) is 13.8 Å². The molecule has 0 atom stereocenters. The summed E-state index contributed by atoms with van der Waals surface area (Å²) in [5, 5.41) is 0.698. The van der Waals surface area contributed by atoms with E-state index in [9.17, 15) is 4.79 Å². The molecule has 0 unspecified atom stereocenters. The molecule has 3 rings (SSSR count). The van der Waals surface area contributed by atoms with Crippen LogP contribution in [0.4, 0.5) is 5.13 Å². The summed E-state index contributed by atoms with van der Waals surface area (Å²) in [6, 6.07) is 7.66. The second-order valence-corrected chi connectivity index (χ2v) is 7.88. The zero-order chi connectivity index (χ0) is 21.0. The van der Waals surface area contributed by atoms with Crippen molar-refractivity contribution < 1.29 is 13.9 Å². The quantitative estimate of drug-likeness (QED) is 0.498. The fourth-order valence-corrected chi connectivity index (χ4v) is 4.34. The number of likely N-dealkylation sites (N-methyl/N-ethyl adjacent to an activating group) is 1. The van der Waals surface area contributed by atoms with E-state index in [0.717, 1.165) is 41.4 Å². The van der Waals surface area contributed by atoms with Gasteiger partial charge in [-0.15, -0.1) is 0 Å². The zero-order valence-corrected chi connectivity index (χ0v) is 18.6. The van der Waals surface area contributed by atoms with E-state index < -0.39 is 0 Å². The number of aromatic nitrogens is 1. The summed E-state index contributed by atoms with van der Waals surface area (Å²) < 4.78 is 12.2. The smallest absolute Gasteiger partial charge is 0.263 e. The molecular formula is C22H29N3O3S. The number of fused-ring (bicyclic) bond motifs is 1. The topological polar surface area (TPSA) is 58.8 Å². The third-order valence-corrected chi connectivity index (χ3v) is 5.98. The molecule has 2 heterocycles. The van der Waals surface area contributed by atoms with Crippen LogP contribution in [0.2, 0.25) is 0 Å². The van der Waals surface area contributed by atoms with Gasteiger partial charge in [-0.1, -0.05) is 25.2 Å². The van der Waals surface area contributed by atoms with Gasteiger partial charge < -0.3 is 14.1 Å². The number of thiazole rings is 1. The van der Waals surface area contributed by atoms with Crippen LogP contribution < -0.4 is 9.64 Å². The van der Waals surface area contributed by atoms with Crippen molar-refractivity contribution in [2.75, 3.05) is 37.7 Å². The normalized spacial score (nSPS) is 11.4. The van der Waals surface area contributed by atoms with Gasteiger partial charge >= 0.3 is 0 Å². The van der Waals surface area contributed by atoms with Gasteiger partial charge in [0.05, 0.1) is 22.4 Å². The Morgan fingerprint density at radius 2 is 1.90 bits per heavy atom. The molecule has 29 heavy (non-hydrogen) atoms. The average Bonchev–Trinajstić information content (AvgIpc) is 3.27. The molecule has 0 saturated heterocycles. The minimum atomic E-state index is -0.0735. The summed E-state index contributed by atoms with van der Waals surface area (Å²) in [5.41, 5.74) is 1.46. The Labute approximate surface area is 176 Å². The first-order valence-electron chi connectivity index (χ1n) is 10.1. The van der Waals surface area contributed by atoms with Crippen LogP contribution in [0.5, 0.6) is 5.75 Å². The van der Waals surface area contributed by atoms with Gasteiger partial charge in [-0.25, -0.2) is 4.98 Å². The van der Waals surface area contributed by atoms with E-state index in [1.165, 1.54) is 11.3 Å². The fourth-order valence-electron chi connectivity index (χ4n) is 3.32. The van der Waals surface area contributed by atoms with Crippen molar-refractivity contribution in [2.45, 2.75) is 34.6 Å². The first-order valence-corrected chi connectivity index (χ1v) is 10.9. The van der Waals surface area contributed by atoms with Gasteiger partial charge in [-0.3, -0.25) is 9.69 Å². The van der Waals surface area contributed by atoms with Gasteiger partial charge in [0.2, 0.25) is 0 Å². The molecule has 0 saturated carbocycles. The zero-order valence-electron chi connectivity index (χ0n) is 17.8. The summed E-state index contributed by atoms with van der Waals surface area (Å²) >= 11 is 1.51. The maximum atomic E-state index is 13.4. The minimum absolute atomic E-state index is 0.0735. The largest absolute Gasteiger partial charge is 0.494 e. The molecular weight excluding hydrogens is 386 g/mol. The third kappa shape index (κ3) is 4.79. The number of furan rings is 1. The van der Waals surface area contributed by atoms with E-state index in [4.69, 9.17) is 14.1 Å². The van der Waals surface area contributed by atoms with Crippen LogP contribution >= 0.6 is 11.3 Å². The van der Waals surface area contributed by atoms with Gasteiger partial charge in [0.25, 0.3) is 5.91 Å². The van der Waals surface area contributed by atoms with E-state index >= 15 is 0 Å². The number of rotatable bonds is 9. The number of amides is 1. The van der Waals surface area contributed by atoms with Gasteiger partial charge in [0.1, 0.15) is 17.3 Å². The standard InChI is InChI=1S/C22H29N3O3S/c1-6-24(7-2)11-12-25(21(26)18-13-15(4)28-16(18)5)22-23-19-10-9-17(27-8-3)14-20(19)29-22/h9-10,13-14H,6-8,11-12H2,1-5H3. The highest BCUT2D eigenvalue weighted by molar-refractivity contribution is 7.22. The number of benzene rings is 1. The molecule has 0 aliphatic carbocycles. The predicted molar refractivity (Wildman–Crippen MR) is 118 cm³/mol. The summed E-state index contributed by atoms with van der Waals surface area (Å²) in [6.07, 6.45) is 0. The lowest BCUT2D eigenvalue weighted by Gasteiger charge is -2.24. The van der Waals surface area contributed by atoms with Crippen LogP contribution in [0.3, 0.4) is 0 Å². The molecule has 1 amide bonds. The number of anilines is 1. The maximum Gasteiger partial charge on any atom is 0.263 e. The van der Waals surface area contributed by atoms with Gasteiger partial charge in [0, 0.05) is 13.1 Å². The number of carbonyl (C=O) groups is 1. The average molecular weight is 416 g/mol. The fraction of sp³-hybridized carbons (Fsp3) is 0.455. The monoisotopic (exact) mass is 415 g/mol. The first kappa shape index (κ1) is 21.3. The van der Waals surface area contributed by atoms with Gasteiger partial charge in [0.15, 0.2) is 5.13 Å². The lowest BCUT2D eigenvalue weighted by Crippen LogP contribution is -2.39. The Hall–Kier alpha value is -2.38. The molecule has 0 N–H and O–H groups in total. The number of carbonyl (C=O) groups excluding carboxylic acids is 1. The summed E-state index contributed by atoms with van der Waals surface area (Å²) in [5.74, 6) is 2.12. The molecule has 7 heteroatoms. The van der Waals surface area contributed by atoms with Crippen molar-refractivity contribution in [1.82, 2.24) is 9.88 Å². The molecule has 0 spiro atoms. The molecule has 156 valence electrons. The number of hydrogen-bond acceptors (Lipinski definition) is 6. The molecule has 3 aromatic rings. The second-order valence-electron chi connectivity index (χ2n) is 6.87. The van der Waals surface area contributed by atoms with E-state index in [0.29, 0.717) is 29.6 Å². The molecule has 0 radical (unpaired) electrons. The van der Waals surface area contributed by atoms with E-state index in [2.05, 4.69) is 18.7 Å². The van der Waals surface area contributed by atoms with Crippen molar-refractivity contribution in [1.29, 1.82) is 0 Å². The molecule has 2 aromatic heterocycles. The van der Waals surface area contributed by atoms with Crippen molar-refractivity contribution in [3.63, 3.8) is 0 Å². The van der Waals surface area contributed by atoms with Gasteiger partial charge in [-0.05, 0) is 58.1 Å².